The van der Waals surface area contributed by atoms with Gasteiger partial charge in [-0.2, -0.15) is 0 Å². The Hall–Kier alpha value is -0.800. The minimum absolute atomic E-state index is 0.000125. The number of quaternary nitrogens is 1. The molecule has 1 amide bonds. The summed E-state index contributed by atoms with van der Waals surface area (Å²) in [5, 5.41) is 12.0. The second-order valence-corrected chi connectivity index (χ2v) is 7.22. The molecule has 0 aromatic carbocycles. The molecule has 23 heavy (non-hydrogen) atoms. The molecule has 2 N–H and O–H groups in total. The van der Waals surface area contributed by atoms with Crippen LogP contribution in [-0.2, 0) is 23.1 Å². The van der Waals surface area contributed by atoms with E-state index in [4.69, 9.17) is 9.26 Å². The third-order valence-corrected chi connectivity index (χ3v) is 3.44. The number of aliphatic hydroxyl groups is 1. The van der Waals surface area contributed by atoms with Gasteiger partial charge in [-0.25, -0.2) is 0 Å². The minimum Gasteiger partial charge on any atom is -0.756 e. The summed E-state index contributed by atoms with van der Waals surface area (Å²) in [4.78, 5) is 22.3. The zero-order valence-corrected chi connectivity index (χ0v) is 14.8. The van der Waals surface area contributed by atoms with Gasteiger partial charge in [-0.15, -0.1) is 0 Å². The third-order valence-electron chi connectivity index (χ3n) is 2.48. The highest BCUT2D eigenvalue weighted by Crippen LogP contribution is 2.38. The highest BCUT2D eigenvalue weighted by molar-refractivity contribution is 7.45. The molecule has 0 aliphatic heterocycles. The van der Waals surface area contributed by atoms with E-state index < -0.39 is 20.5 Å². The Morgan fingerprint density at radius 2 is 2.00 bits per heavy atom. The number of hydrogen-bond acceptors (Lipinski definition) is 7. The molecular weight excluding hydrogens is 327 g/mol. The lowest BCUT2D eigenvalue weighted by molar-refractivity contribution is -0.870. The number of nitrogens with one attached hydrogen (secondary N) is 1. The second-order valence-electron chi connectivity index (χ2n) is 5.81. The molecule has 0 aliphatic carbocycles. The standard InChI is InChI=1S/C13H27N2O7P/c1-5-13(17)14-6-8-20-10-12(16)11-22-23(18,19)21-9-7-15(2,3)4/h5,12,16H,1,6-11H2,2-4H3,(H-,14,17,18,19)/t12-/m1/s1. The fourth-order valence-electron chi connectivity index (χ4n) is 1.23. The lowest BCUT2D eigenvalue weighted by atomic mass is 10.4. The molecule has 1 unspecified atom stereocenters. The van der Waals surface area contributed by atoms with Gasteiger partial charge in [0.1, 0.15) is 19.3 Å². The Morgan fingerprint density at radius 3 is 2.57 bits per heavy atom. The maximum atomic E-state index is 11.5. The van der Waals surface area contributed by atoms with Crippen LogP contribution in [0.3, 0.4) is 0 Å². The van der Waals surface area contributed by atoms with E-state index in [0.717, 1.165) is 6.08 Å². The van der Waals surface area contributed by atoms with E-state index in [2.05, 4.69) is 16.4 Å². The van der Waals surface area contributed by atoms with E-state index in [0.29, 0.717) is 11.0 Å². The molecule has 0 saturated carbocycles. The number of ether oxygens (including phenoxy) is 1. The molecule has 0 aromatic heterocycles. The monoisotopic (exact) mass is 354 g/mol. The van der Waals surface area contributed by atoms with Crippen LogP contribution in [0.1, 0.15) is 0 Å². The number of phosphoric acid groups is 1. The average molecular weight is 354 g/mol. The smallest absolute Gasteiger partial charge is 0.268 e. The van der Waals surface area contributed by atoms with Crippen LogP contribution < -0.4 is 10.2 Å². The molecule has 0 saturated heterocycles. The van der Waals surface area contributed by atoms with Gasteiger partial charge in [0.15, 0.2) is 0 Å². The molecule has 0 aromatic rings. The normalized spacial score (nSPS) is 15.7. The highest BCUT2D eigenvalue weighted by atomic mass is 31.2. The average Bonchev–Trinajstić information content (AvgIpc) is 2.43. The number of nitrogens with zero attached hydrogens (tertiary/aromatic N) is 1. The predicted molar refractivity (Wildman–Crippen MR) is 82.4 cm³/mol. The number of aliphatic hydroxyl groups excluding tert-OH is 1. The second kappa shape index (κ2) is 10.9. The molecule has 0 spiro atoms. The predicted octanol–water partition coefficient (Wildman–Crippen LogP) is -1.13. The molecule has 0 heterocycles. The van der Waals surface area contributed by atoms with Crippen molar-refractivity contribution in [1.29, 1.82) is 0 Å². The number of amides is 1. The van der Waals surface area contributed by atoms with Crippen molar-refractivity contribution in [2.45, 2.75) is 6.10 Å². The topological polar surface area (TPSA) is 117 Å². The number of likely N-dealkylation sites (N-methyl/N-ethyl adjacent to an activating group) is 1. The van der Waals surface area contributed by atoms with E-state index in [1.54, 1.807) is 0 Å². The fraction of sp³-hybridized carbons (Fsp3) is 0.769. The molecule has 9 nitrogen and oxygen atoms in total. The van der Waals surface area contributed by atoms with Gasteiger partial charge in [-0.1, -0.05) is 6.58 Å². The number of rotatable bonds is 13. The van der Waals surface area contributed by atoms with Crippen LogP contribution in [0.25, 0.3) is 0 Å². The summed E-state index contributed by atoms with van der Waals surface area (Å²) in [5.41, 5.74) is 0. The number of phosphoric ester groups is 1. The third kappa shape index (κ3) is 14.5. The van der Waals surface area contributed by atoms with Gasteiger partial charge in [0.25, 0.3) is 7.82 Å². The molecule has 0 radical (unpaired) electrons. The van der Waals surface area contributed by atoms with E-state index in [-0.39, 0.29) is 32.3 Å². The van der Waals surface area contributed by atoms with Crippen LogP contribution in [0.2, 0.25) is 0 Å². The lowest BCUT2D eigenvalue weighted by Crippen LogP contribution is -2.37. The Bertz CT molecular complexity index is 412. The van der Waals surface area contributed by atoms with Crippen molar-refractivity contribution in [3.8, 4) is 0 Å². The van der Waals surface area contributed by atoms with Crippen LogP contribution in [0, 0.1) is 0 Å². The van der Waals surface area contributed by atoms with E-state index >= 15 is 0 Å². The first kappa shape index (κ1) is 22.2. The largest absolute Gasteiger partial charge is 0.756 e. The van der Waals surface area contributed by atoms with Gasteiger partial charge in [0.05, 0.1) is 41.0 Å². The molecule has 0 bridgehead atoms. The van der Waals surface area contributed by atoms with Gasteiger partial charge >= 0.3 is 0 Å². The molecular formula is C13H27N2O7P. The van der Waals surface area contributed by atoms with Crippen molar-refractivity contribution in [2.75, 3.05) is 60.7 Å². The van der Waals surface area contributed by atoms with Crippen molar-refractivity contribution in [3.05, 3.63) is 12.7 Å². The van der Waals surface area contributed by atoms with E-state index in [1.165, 1.54) is 0 Å². The summed E-state index contributed by atoms with van der Waals surface area (Å²) in [5.74, 6) is -0.323. The van der Waals surface area contributed by atoms with Crippen LogP contribution in [0.5, 0.6) is 0 Å². The zero-order chi connectivity index (χ0) is 17.9. The summed E-state index contributed by atoms with van der Waals surface area (Å²) >= 11 is 0. The van der Waals surface area contributed by atoms with Gasteiger partial charge in [0.2, 0.25) is 5.91 Å². The Morgan fingerprint density at radius 1 is 1.35 bits per heavy atom. The Kier molecular flexibility index (Phi) is 10.5. The first-order valence-electron chi connectivity index (χ1n) is 7.12. The first-order valence-corrected chi connectivity index (χ1v) is 8.58. The summed E-state index contributed by atoms with van der Waals surface area (Å²) in [7, 11) is 1.27. The van der Waals surface area contributed by atoms with Crippen molar-refractivity contribution >= 4 is 13.7 Å². The number of carbonyl (C=O) groups is 1. The molecule has 136 valence electrons. The van der Waals surface area contributed by atoms with Crippen molar-refractivity contribution in [3.63, 3.8) is 0 Å². The van der Waals surface area contributed by atoms with Crippen LogP contribution >= 0.6 is 7.82 Å². The van der Waals surface area contributed by atoms with Gasteiger partial charge in [0, 0.05) is 6.54 Å². The molecule has 0 fully saturated rings. The van der Waals surface area contributed by atoms with Crippen LogP contribution in [0.4, 0.5) is 0 Å². The van der Waals surface area contributed by atoms with Crippen molar-refractivity contribution < 1.29 is 37.6 Å². The first-order chi connectivity index (χ1) is 10.6. The Balaban J connectivity index is 3.77. The zero-order valence-electron chi connectivity index (χ0n) is 13.9. The van der Waals surface area contributed by atoms with Crippen LogP contribution in [0.15, 0.2) is 12.7 Å². The maximum Gasteiger partial charge on any atom is 0.268 e. The summed E-state index contributed by atoms with van der Waals surface area (Å²) in [6.45, 7) is 3.64. The lowest BCUT2D eigenvalue weighted by Gasteiger charge is -2.27. The fourth-order valence-corrected chi connectivity index (χ4v) is 1.96. The van der Waals surface area contributed by atoms with Crippen molar-refractivity contribution in [1.82, 2.24) is 5.32 Å². The van der Waals surface area contributed by atoms with Gasteiger partial charge < -0.3 is 33.6 Å². The number of carbonyl (C=O) groups excluding carboxylic acids is 1. The number of hydrogen-bond donors (Lipinski definition) is 2. The summed E-state index contributed by atoms with van der Waals surface area (Å²) < 4.78 is 26.4. The van der Waals surface area contributed by atoms with Crippen molar-refractivity contribution in [2.24, 2.45) is 0 Å². The quantitative estimate of drug-likeness (QED) is 0.186. The highest BCUT2D eigenvalue weighted by Gasteiger charge is 2.15. The van der Waals surface area contributed by atoms with Crippen LogP contribution in [-0.4, -0.2) is 82.3 Å². The molecule has 2 atom stereocenters. The van der Waals surface area contributed by atoms with E-state index in [9.17, 15) is 19.4 Å². The molecule has 10 heteroatoms. The maximum absolute atomic E-state index is 11.5. The molecule has 0 aliphatic rings. The Labute approximate surface area is 137 Å². The minimum atomic E-state index is -4.44. The summed E-state index contributed by atoms with van der Waals surface area (Å²) in [6.07, 6.45) is 0.0156. The van der Waals surface area contributed by atoms with Gasteiger partial charge in [-0.3, -0.25) is 9.36 Å². The van der Waals surface area contributed by atoms with E-state index in [1.807, 2.05) is 21.1 Å². The SMILES string of the molecule is C=CC(=O)NCCOC[C@@H](O)COP(=O)([O-])OCC[N+](C)(C)C. The molecule has 0 rings (SSSR count). The summed E-state index contributed by atoms with van der Waals surface area (Å²) in [6, 6.07) is 0. The van der Waals surface area contributed by atoms with Gasteiger partial charge in [-0.05, 0) is 6.08 Å².